The van der Waals surface area contributed by atoms with Crippen molar-refractivity contribution >= 4 is 11.1 Å². The van der Waals surface area contributed by atoms with Crippen LogP contribution in [-0.4, -0.2) is 42.6 Å². The summed E-state index contributed by atoms with van der Waals surface area (Å²) in [5.74, 6) is 0.987. The van der Waals surface area contributed by atoms with E-state index in [1.165, 1.54) is 70.3 Å². The SMILES string of the molecule is O=c1[nH]c2cccc(C3CCCN(CCCC4CCCNC4)C3)c2o1. The molecule has 2 saturated heterocycles. The van der Waals surface area contributed by atoms with E-state index in [0.717, 1.165) is 23.6 Å². The third-order valence-electron chi connectivity index (χ3n) is 5.91. The van der Waals surface area contributed by atoms with Gasteiger partial charge in [0.25, 0.3) is 0 Å². The lowest BCUT2D eigenvalue weighted by molar-refractivity contribution is 0.198. The van der Waals surface area contributed by atoms with Crippen molar-refractivity contribution in [2.45, 2.75) is 44.4 Å². The van der Waals surface area contributed by atoms with E-state index < -0.39 is 0 Å². The Morgan fingerprint density at radius 1 is 1.24 bits per heavy atom. The predicted octanol–water partition coefficient (Wildman–Crippen LogP) is 3.08. The number of aromatic nitrogens is 1. The summed E-state index contributed by atoms with van der Waals surface area (Å²) in [4.78, 5) is 16.9. The van der Waals surface area contributed by atoms with Crippen LogP contribution in [-0.2, 0) is 0 Å². The molecular weight excluding hydrogens is 314 g/mol. The van der Waals surface area contributed by atoms with Gasteiger partial charge < -0.3 is 14.6 Å². The second kappa shape index (κ2) is 7.75. The molecule has 3 heterocycles. The first-order valence-electron chi connectivity index (χ1n) is 9.84. The highest BCUT2D eigenvalue weighted by atomic mass is 16.4. The zero-order chi connectivity index (χ0) is 17.1. The molecule has 0 spiro atoms. The normalized spacial score (nSPS) is 25.4. The summed E-state index contributed by atoms with van der Waals surface area (Å²) in [6.07, 6.45) is 7.77. The van der Waals surface area contributed by atoms with Gasteiger partial charge >= 0.3 is 5.76 Å². The van der Waals surface area contributed by atoms with E-state index in [0.29, 0.717) is 5.92 Å². The van der Waals surface area contributed by atoms with Gasteiger partial charge in [0.2, 0.25) is 0 Å². The molecule has 0 radical (unpaired) electrons. The third kappa shape index (κ3) is 3.98. The first kappa shape index (κ1) is 16.9. The van der Waals surface area contributed by atoms with Crippen molar-refractivity contribution in [3.05, 3.63) is 34.3 Å². The number of aromatic amines is 1. The van der Waals surface area contributed by atoms with Crippen LogP contribution in [0.15, 0.2) is 27.4 Å². The molecule has 2 aliphatic rings. The Bertz CT molecular complexity index is 745. The van der Waals surface area contributed by atoms with Crippen molar-refractivity contribution in [1.82, 2.24) is 15.2 Å². The van der Waals surface area contributed by atoms with Gasteiger partial charge in [0.15, 0.2) is 5.58 Å². The fourth-order valence-corrected chi connectivity index (χ4v) is 4.60. The van der Waals surface area contributed by atoms with Crippen LogP contribution in [0.4, 0.5) is 0 Å². The average Bonchev–Trinajstić information content (AvgIpc) is 3.03. The van der Waals surface area contributed by atoms with Gasteiger partial charge in [-0.1, -0.05) is 12.1 Å². The maximum atomic E-state index is 11.5. The third-order valence-corrected chi connectivity index (χ3v) is 5.91. The molecule has 1 aromatic heterocycles. The Kier molecular flexibility index (Phi) is 5.22. The number of hydrogen-bond acceptors (Lipinski definition) is 4. The molecule has 2 N–H and O–H groups in total. The van der Waals surface area contributed by atoms with Crippen LogP contribution < -0.4 is 11.1 Å². The number of nitrogens with zero attached hydrogens (tertiary/aromatic N) is 1. The molecule has 0 bridgehead atoms. The Morgan fingerprint density at radius 2 is 2.20 bits per heavy atom. The van der Waals surface area contributed by atoms with Gasteiger partial charge in [-0.15, -0.1) is 0 Å². The summed E-state index contributed by atoms with van der Waals surface area (Å²) < 4.78 is 5.41. The number of hydrogen-bond donors (Lipinski definition) is 2. The van der Waals surface area contributed by atoms with Crippen molar-refractivity contribution in [3.63, 3.8) is 0 Å². The van der Waals surface area contributed by atoms with Gasteiger partial charge in [-0.2, -0.15) is 0 Å². The molecule has 136 valence electrons. The minimum absolute atomic E-state index is 0.351. The fourth-order valence-electron chi connectivity index (χ4n) is 4.60. The summed E-state index contributed by atoms with van der Waals surface area (Å²) in [5, 5.41) is 3.52. The number of rotatable bonds is 5. The minimum Gasteiger partial charge on any atom is -0.408 e. The molecule has 5 heteroatoms. The maximum absolute atomic E-state index is 11.5. The summed E-state index contributed by atoms with van der Waals surface area (Å²) in [5.41, 5.74) is 2.77. The molecular formula is C20H29N3O2. The molecule has 2 unspecified atom stereocenters. The highest BCUT2D eigenvalue weighted by Gasteiger charge is 2.24. The standard InChI is InChI=1S/C20H29N3O2/c24-20-22-18-9-1-8-17(19(18)25-20)16-7-4-12-23(14-16)11-3-6-15-5-2-10-21-13-15/h1,8-9,15-16,21H,2-7,10-14H2,(H,22,24). The number of nitrogens with one attached hydrogen (secondary N) is 2. The molecule has 1 aromatic carbocycles. The smallest absolute Gasteiger partial charge is 0.408 e. The molecule has 0 saturated carbocycles. The molecule has 0 aliphatic carbocycles. The lowest BCUT2D eigenvalue weighted by atomic mass is 9.89. The molecule has 2 fully saturated rings. The second-order valence-corrected chi connectivity index (χ2v) is 7.73. The van der Waals surface area contributed by atoms with Gasteiger partial charge in [0, 0.05) is 18.0 Å². The van der Waals surface area contributed by atoms with E-state index in [9.17, 15) is 4.79 Å². The predicted molar refractivity (Wildman–Crippen MR) is 100 cm³/mol. The Morgan fingerprint density at radius 3 is 3.08 bits per heavy atom. The van der Waals surface area contributed by atoms with Crippen LogP contribution >= 0.6 is 0 Å². The Hall–Kier alpha value is -1.59. The van der Waals surface area contributed by atoms with Crippen LogP contribution in [0, 0.1) is 5.92 Å². The van der Waals surface area contributed by atoms with E-state index in [2.05, 4.69) is 21.3 Å². The Balaban J connectivity index is 1.36. The zero-order valence-corrected chi connectivity index (χ0v) is 14.9. The lowest BCUT2D eigenvalue weighted by Gasteiger charge is -2.33. The van der Waals surface area contributed by atoms with E-state index >= 15 is 0 Å². The van der Waals surface area contributed by atoms with E-state index in [1.807, 2.05) is 12.1 Å². The Labute approximate surface area is 148 Å². The van der Waals surface area contributed by atoms with Crippen molar-refractivity contribution < 1.29 is 4.42 Å². The van der Waals surface area contributed by atoms with Crippen LogP contribution in [0.3, 0.4) is 0 Å². The quantitative estimate of drug-likeness (QED) is 0.876. The van der Waals surface area contributed by atoms with Crippen molar-refractivity contribution in [1.29, 1.82) is 0 Å². The molecule has 4 rings (SSSR count). The molecule has 2 aromatic rings. The number of oxazole rings is 1. The molecule has 25 heavy (non-hydrogen) atoms. The monoisotopic (exact) mass is 343 g/mol. The van der Waals surface area contributed by atoms with Gasteiger partial charge in [-0.05, 0) is 76.7 Å². The molecule has 2 aliphatic heterocycles. The van der Waals surface area contributed by atoms with Crippen LogP contribution in [0.25, 0.3) is 11.1 Å². The van der Waals surface area contributed by atoms with Crippen LogP contribution in [0.1, 0.15) is 50.0 Å². The number of piperidine rings is 2. The lowest BCUT2D eigenvalue weighted by Crippen LogP contribution is -2.36. The first-order chi connectivity index (χ1) is 12.3. The molecule has 5 nitrogen and oxygen atoms in total. The van der Waals surface area contributed by atoms with Gasteiger partial charge in [-0.25, -0.2) is 4.79 Å². The molecule has 2 atom stereocenters. The number of benzene rings is 1. The van der Waals surface area contributed by atoms with Crippen LogP contribution in [0.2, 0.25) is 0 Å². The zero-order valence-electron chi connectivity index (χ0n) is 14.9. The minimum atomic E-state index is -0.351. The van der Waals surface area contributed by atoms with E-state index in [1.54, 1.807) is 0 Å². The molecule has 0 amide bonds. The van der Waals surface area contributed by atoms with E-state index in [4.69, 9.17) is 4.42 Å². The number of H-pyrrole nitrogens is 1. The number of fused-ring (bicyclic) bond motifs is 1. The number of likely N-dealkylation sites (tertiary alicyclic amines) is 1. The number of para-hydroxylation sites is 1. The largest absolute Gasteiger partial charge is 0.417 e. The van der Waals surface area contributed by atoms with E-state index in [-0.39, 0.29) is 5.76 Å². The van der Waals surface area contributed by atoms with Crippen molar-refractivity contribution in [2.75, 3.05) is 32.7 Å². The van der Waals surface area contributed by atoms with Gasteiger partial charge in [0.05, 0.1) is 5.52 Å². The highest BCUT2D eigenvalue weighted by molar-refractivity contribution is 5.76. The van der Waals surface area contributed by atoms with Crippen molar-refractivity contribution in [3.8, 4) is 0 Å². The van der Waals surface area contributed by atoms with Gasteiger partial charge in [-0.3, -0.25) is 4.98 Å². The van der Waals surface area contributed by atoms with Gasteiger partial charge in [0.1, 0.15) is 0 Å². The topological polar surface area (TPSA) is 61.3 Å². The van der Waals surface area contributed by atoms with Crippen molar-refractivity contribution in [2.24, 2.45) is 5.92 Å². The maximum Gasteiger partial charge on any atom is 0.417 e. The highest BCUT2D eigenvalue weighted by Crippen LogP contribution is 2.31. The van der Waals surface area contributed by atoms with Crippen LogP contribution in [0.5, 0.6) is 0 Å². The summed E-state index contributed by atoms with van der Waals surface area (Å²) in [6.45, 7) is 5.88. The summed E-state index contributed by atoms with van der Waals surface area (Å²) >= 11 is 0. The average molecular weight is 343 g/mol. The summed E-state index contributed by atoms with van der Waals surface area (Å²) in [7, 11) is 0. The fraction of sp³-hybridized carbons (Fsp3) is 0.650. The first-order valence-corrected chi connectivity index (χ1v) is 9.84. The summed E-state index contributed by atoms with van der Waals surface area (Å²) in [6, 6.07) is 6.07. The second-order valence-electron chi connectivity index (χ2n) is 7.73.